The molecule has 0 atom stereocenters. The van der Waals surface area contributed by atoms with Crippen molar-refractivity contribution in [2.75, 3.05) is 6.61 Å². The molecule has 1 fully saturated rings. The number of H-pyrrole nitrogens is 2. The highest BCUT2D eigenvalue weighted by Crippen LogP contribution is 2.35. The highest BCUT2D eigenvalue weighted by Gasteiger charge is 2.21. The Bertz CT molecular complexity index is 1690. The molecule has 174 valence electrons. The Morgan fingerprint density at radius 1 is 1.21 bits per heavy atom. The van der Waals surface area contributed by atoms with Crippen LogP contribution in [0.15, 0.2) is 38.6 Å². The van der Waals surface area contributed by atoms with Gasteiger partial charge in [-0.1, -0.05) is 30.4 Å². The molecule has 5 rings (SSSR count). The lowest BCUT2D eigenvalue weighted by Gasteiger charge is -2.09. The van der Waals surface area contributed by atoms with E-state index < -0.39 is 28.9 Å². The van der Waals surface area contributed by atoms with Crippen LogP contribution >= 0.6 is 11.5 Å². The summed E-state index contributed by atoms with van der Waals surface area (Å²) >= 11 is 0.924. The zero-order valence-electron chi connectivity index (χ0n) is 17.8. The van der Waals surface area contributed by atoms with Crippen LogP contribution in [0.3, 0.4) is 0 Å². The Morgan fingerprint density at radius 2 is 2.00 bits per heavy atom. The third-order valence-electron chi connectivity index (χ3n) is 5.82. The van der Waals surface area contributed by atoms with Gasteiger partial charge in [-0.25, -0.2) is 4.98 Å². The second kappa shape index (κ2) is 8.41. The lowest BCUT2D eigenvalue weighted by molar-refractivity contribution is -0.119. The number of aryl methyl sites for hydroxylation is 1. The maximum Gasteiger partial charge on any atom is 0.269 e. The summed E-state index contributed by atoms with van der Waals surface area (Å²) in [5, 5.41) is 11.1. The van der Waals surface area contributed by atoms with Crippen LogP contribution in [0.25, 0.3) is 22.3 Å². The fraction of sp³-hybridized carbons (Fsp3) is 0.261. The highest BCUT2D eigenvalue weighted by atomic mass is 32.1. The first-order valence-corrected chi connectivity index (χ1v) is 11.5. The minimum Gasteiger partial charge on any atom is -0.506 e. The number of nitrogens with zero attached hydrogens (tertiary/aromatic N) is 1. The number of carbonyl (C=O) groups excluding carboxylic acids is 1. The first kappa shape index (κ1) is 21.8. The number of pyridine rings is 1. The minimum atomic E-state index is -0.985. The summed E-state index contributed by atoms with van der Waals surface area (Å²) in [5.74, 6) is -0.666. The molecule has 11 heteroatoms. The van der Waals surface area contributed by atoms with Gasteiger partial charge in [-0.15, -0.1) is 0 Å². The van der Waals surface area contributed by atoms with E-state index in [1.807, 2.05) is 12.1 Å². The van der Waals surface area contributed by atoms with Crippen LogP contribution < -0.4 is 26.9 Å². The Labute approximate surface area is 194 Å². The standard InChI is InChI=1S/C23H20N4O6S/c24-16(28)9-33-14-8-15-18(21(31)20(14)30)26-22(27-34-15)17-19(29)12-6-5-11(4-3-10-1-2-10)7-13(12)25-23(17)32/h5-8,10H,1-4,9H2,(H2,24,28)(H,26,27)(H2,25,29,32). The summed E-state index contributed by atoms with van der Waals surface area (Å²) < 4.78 is 8.11. The van der Waals surface area contributed by atoms with Gasteiger partial charge in [0.05, 0.1) is 10.0 Å². The third kappa shape index (κ3) is 4.05. The minimum absolute atomic E-state index is 0.0572. The summed E-state index contributed by atoms with van der Waals surface area (Å²) in [6, 6.07) is 6.79. The van der Waals surface area contributed by atoms with Crippen molar-refractivity contribution in [2.24, 2.45) is 11.7 Å². The second-order valence-electron chi connectivity index (χ2n) is 8.34. The first-order valence-electron chi connectivity index (χ1n) is 10.7. The van der Waals surface area contributed by atoms with Crippen LogP contribution in [0.4, 0.5) is 0 Å². The van der Waals surface area contributed by atoms with Crippen LogP contribution in [0.2, 0.25) is 0 Å². The molecule has 3 aliphatic rings. The number of benzene rings is 1. The molecular weight excluding hydrogens is 460 g/mol. The summed E-state index contributed by atoms with van der Waals surface area (Å²) in [6.45, 7) is -0.553. The van der Waals surface area contributed by atoms with E-state index in [2.05, 4.69) is 14.3 Å². The normalized spacial score (nSPS) is 13.4. The molecule has 2 aromatic rings. The molecule has 0 radical (unpaired) electrons. The van der Waals surface area contributed by atoms with Gasteiger partial charge in [0.1, 0.15) is 16.7 Å². The average molecular weight is 481 g/mol. The average Bonchev–Trinajstić information content (AvgIpc) is 3.63. The van der Waals surface area contributed by atoms with E-state index in [4.69, 9.17) is 10.5 Å². The fourth-order valence-electron chi connectivity index (χ4n) is 3.85. The molecule has 1 saturated carbocycles. The van der Waals surface area contributed by atoms with Crippen molar-refractivity contribution >= 4 is 28.3 Å². The number of hydrogen-bond donors (Lipinski definition) is 4. The van der Waals surface area contributed by atoms with Gasteiger partial charge in [-0.3, -0.25) is 23.6 Å². The monoisotopic (exact) mass is 480 g/mol. The van der Waals surface area contributed by atoms with Gasteiger partial charge in [0, 0.05) is 11.5 Å². The number of aromatic amines is 2. The van der Waals surface area contributed by atoms with E-state index in [1.165, 1.54) is 18.9 Å². The van der Waals surface area contributed by atoms with Crippen molar-refractivity contribution in [3.05, 3.63) is 70.5 Å². The van der Waals surface area contributed by atoms with Gasteiger partial charge < -0.3 is 20.6 Å². The Kier molecular flexibility index (Phi) is 5.40. The second-order valence-corrected chi connectivity index (χ2v) is 9.19. The molecule has 1 aromatic carbocycles. The van der Waals surface area contributed by atoms with Gasteiger partial charge in [-0.2, -0.15) is 0 Å². The number of nitrogens with two attached hydrogens (primary N) is 1. The number of fused-ring (bicyclic) bond motifs is 1. The Balaban J connectivity index is 1.59. The van der Waals surface area contributed by atoms with Crippen LogP contribution in [0.5, 0.6) is 11.5 Å². The lowest BCUT2D eigenvalue weighted by Crippen LogP contribution is -2.29. The van der Waals surface area contributed by atoms with Gasteiger partial charge in [-0.05, 0) is 36.5 Å². The molecule has 0 saturated heterocycles. The van der Waals surface area contributed by atoms with E-state index in [0.29, 0.717) is 10.9 Å². The van der Waals surface area contributed by atoms with E-state index in [1.54, 1.807) is 6.07 Å². The summed E-state index contributed by atoms with van der Waals surface area (Å²) in [7, 11) is 0. The lowest BCUT2D eigenvalue weighted by atomic mass is 10.0. The van der Waals surface area contributed by atoms with Crippen LogP contribution in [0.1, 0.15) is 24.8 Å². The van der Waals surface area contributed by atoms with E-state index >= 15 is 0 Å². The number of aromatic hydroxyl groups is 1. The molecule has 2 heterocycles. The quantitative estimate of drug-likeness (QED) is 0.289. The molecular formula is C23H20N4O6S. The molecule has 0 bridgehead atoms. The zero-order chi connectivity index (χ0) is 24.0. The number of nitrogens with one attached hydrogen (secondary N) is 2. The first-order chi connectivity index (χ1) is 16.3. The maximum atomic E-state index is 12.9. The van der Waals surface area contributed by atoms with E-state index in [0.717, 1.165) is 35.9 Å². The number of ether oxygens (including phenoxy) is 1. The van der Waals surface area contributed by atoms with Crippen molar-refractivity contribution in [3.8, 4) is 22.9 Å². The number of carbonyl (C=O) groups is 1. The number of primary amides is 1. The predicted octanol–water partition coefficient (Wildman–Crippen LogP) is 1.34. The topological polar surface area (TPSA) is 168 Å². The van der Waals surface area contributed by atoms with Crippen molar-refractivity contribution < 1.29 is 14.6 Å². The summed E-state index contributed by atoms with van der Waals surface area (Å²) in [4.78, 5) is 55.6. The van der Waals surface area contributed by atoms with Crippen molar-refractivity contribution in [2.45, 2.75) is 25.7 Å². The molecule has 1 aromatic heterocycles. The van der Waals surface area contributed by atoms with Crippen LogP contribution in [0, 0.1) is 15.8 Å². The number of hydrogen-bond acceptors (Lipinski definition) is 8. The largest absolute Gasteiger partial charge is 0.506 e. The molecule has 1 aliphatic heterocycles. The van der Waals surface area contributed by atoms with Gasteiger partial charge in [0.2, 0.25) is 0 Å². The third-order valence-corrected chi connectivity index (χ3v) is 6.64. The summed E-state index contributed by atoms with van der Waals surface area (Å²) in [6.07, 6.45) is 4.55. The van der Waals surface area contributed by atoms with E-state index in [9.17, 15) is 24.3 Å². The highest BCUT2D eigenvalue weighted by molar-refractivity contribution is 7.03. The fourth-order valence-corrected chi connectivity index (χ4v) is 4.61. The molecule has 34 heavy (non-hydrogen) atoms. The molecule has 2 aliphatic carbocycles. The number of aromatic nitrogens is 3. The van der Waals surface area contributed by atoms with Gasteiger partial charge >= 0.3 is 0 Å². The predicted molar refractivity (Wildman–Crippen MR) is 125 cm³/mol. The Morgan fingerprint density at radius 3 is 2.74 bits per heavy atom. The zero-order valence-corrected chi connectivity index (χ0v) is 18.7. The van der Waals surface area contributed by atoms with Crippen LogP contribution in [-0.2, 0) is 11.2 Å². The van der Waals surface area contributed by atoms with E-state index in [-0.39, 0.29) is 32.8 Å². The molecule has 0 unspecified atom stereocenters. The smallest absolute Gasteiger partial charge is 0.269 e. The molecule has 10 nitrogen and oxygen atoms in total. The van der Waals surface area contributed by atoms with Crippen molar-refractivity contribution in [3.63, 3.8) is 0 Å². The van der Waals surface area contributed by atoms with Crippen molar-refractivity contribution in [1.29, 1.82) is 0 Å². The van der Waals surface area contributed by atoms with Crippen molar-refractivity contribution in [1.82, 2.24) is 14.3 Å². The number of rotatable bonds is 7. The molecule has 1 amide bonds. The number of amides is 1. The Hall–Kier alpha value is -3.99. The molecule has 0 spiro atoms. The maximum absolute atomic E-state index is 12.9. The molecule has 5 N–H and O–H groups in total. The SMILES string of the molecule is NC(=O)COc1cc2s[nH]c(-c3c(O)c4ccc(CCC5CC5)cc4[nH]c3=O)nc=2c(=O)c1=O. The van der Waals surface area contributed by atoms with Crippen LogP contribution in [-0.4, -0.2) is 32.0 Å². The van der Waals surface area contributed by atoms with Gasteiger partial charge in [0.25, 0.3) is 22.3 Å². The summed E-state index contributed by atoms with van der Waals surface area (Å²) in [5.41, 5.74) is 3.93. The van der Waals surface area contributed by atoms with Gasteiger partial charge in [0.15, 0.2) is 18.2 Å².